The van der Waals surface area contributed by atoms with Crippen LogP contribution >= 0.6 is 0 Å². The fourth-order valence-electron chi connectivity index (χ4n) is 2.34. The summed E-state index contributed by atoms with van der Waals surface area (Å²) in [6, 6.07) is 15.0. The third-order valence-corrected chi connectivity index (χ3v) is 3.35. The second-order valence-electron chi connectivity index (χ2n) is 4.98. The van der Waals surface area contributed by atoms with Crippen LogP contribution < -0.4 is 10.6 Å². The van der Waals surface area contributed by atoms with Gasteiger partial charge in [-0.15, -0.1) is 0 Å². The molecule has 0 fully saturated rings. The van der Waals surface area contributed by atoms with Gasteiger partial charge < -0.3 is 10.6 Å². The van der Waals surface area contributed by atoms with E-state index in [1.165, 1.54) is 17.3 Å². The molecule has 2 aromatic rings. The smallest absolute Gasteiger partial charge is 0.123 e. The maximum Gasteiger partial charge on any atom is 0.123 e. The molecular weight excluding hydrogens is 251 g/mol. The Labute approximate surface area is 120 Å². The Kier molecular flexibility index (Phi) is 5.13. The van der Waals surface area contributed by atoms with E-state index in [2.05, 4.69) is 24.0 Å². The highest BCUT2D eigenvalue weighted by Gasteiger charge is 2.09. The monoisotopic (exact) mass is 272 g/mol. The molecule has 0 amide bonds. The van der Waals surface area contributed by atoms with Gasteiger partial charge in [-0.3, -0.25) is 0 Å². The molecule has 2 nitrogen and oxygen atoms in total. The lowest BCUT2D eigenvalue weighted by atomic mass is 10.1. The fraction of sp³-hybridized carbons (Fsp3) is 0.294. The minimum Gasteiger partial charge on any atom is -0.367 e. The number of hydrogen-bond donors (Lipinski definition) is 1. The molecule has 2 rings (SSSR count). The van der Waals surface area contributed by atoms with Crippen molar-refractivity contribution in [3.05, 3.63) is 65.5 Å². The van der Waals surface area contributed by atoms with Gasteiger partial charge in [-0.25, -0.2) is 4.39 Å². The zero-order chi connectivity index (χ0) is 14.4. The van der Waals surface area contributed by atoms with Crippen molar-refractivity contribution < 1.29 is 4.39 Å². The number of rotatable bonds is 6. The first kappa shape index (κ1) is 14.5. The quantitative estimate of drug-likeness (QED) is 0.872. The Balaban J connectivity index is 2.22. The minimum atomic E-state index is -0.189. The van der Waals surface area contributed by atoms with E-state index in [0.29, 0.717) is 13.1 Å². The third-order valence-electron chi connectivity index (χ3n) is 3.35. The van der Waals surface area contributed by atoms with Gasteiger partial charge in [0, 0.05) is 18.8 Å². The minimum absolute atomic E-state index is 0.189. The van der Waals surface area contributed by atoms with Crippen molar-refractivity contribution in [2.24, 2.45) is 5.73 Å². The fourth-order valence-corrected chi connectivity index (χ4v) is 2.34. The second kappa shape index (κ2) is 7.06. The Bertz CT molecular complexity index is 554. The second-order valence-corrected chi connectivity index (χ2v) is 4.98. The highest BCUT2D eigenvalue weighted by atomic mass is 19.1. The van der Waals surface area contributed by atoms with Gasteiger partial charge in [0.05, 0.1) is 0 Å². The molecule has 0 bridgehead atoms. The summed E-state index contributed by atoms with van der Waals surface area (Å²) in [4.78, 5) is 2.26. The molecule has 20 heavy (non-hydrogen) atoms. The number of nitrogens with zero attached hydrogens (tertiary/aromatic N) is 1. The lowest BCUT2D eigenvalue weighted by molar-refractivity contribution is 0.624. The van der Waals surface area contributed by atoms with Crippen LogP contribution in [0.5, 0.6) is 0 Å². The van der Waals surface area contributed by atoms with E-state index in [1.807, 2.05) is 18.2 Å². The number of aryl methyl sites for hydroxylation is 1. The number of nitrogens with two attached hydrogens (primary N) is 1. The van der Waals surface area contributed by atoms with Crippen LogP contribution in [0.25, 0.3) is 0 Å². The maximum absolute atomic E-state index is 13.3. The summed E-state index contributed by atoms with van der Waals surface area (Å²) in [7, 11) is 0. The van der Waals surface area contributed by atoms with E-state index in [4.69, 9.17) is 5.73 Å². The molecule has 2 aromatic carbocycles. The van der Waals surface area contributed by atoms with E-state index in [9.17, 15) is 4.39 Å². The summed E-state index contributed by atoms with van der Waals surface area (Å²) in [5.41, 5.74) is 9.01. The van der Waals surface area contributed by atoms with Gasteiger partial charge in [0.15, 0.2) is 0 Å². The van der Waals surface area contributed by atoms with Crippen molar-refractivity contribution in [1.29, 1.82) is 0 Å². The van der Waals surface area contributed by atoms with Crippen LogP contribution in [0, 0.1) is 12.7 Å². The average molecular weight is 272 g/mol. The van der Waals surface area contributed by atoms with Gasteiger partial charge in [-0.2, -0.15) is 0 Å². The summed E-state index contributed by atoms with van der Waals surface area (Å²) < 4.78 is 13.3. The first-order chi connectivity index (χ1) is 9.70. The SMILES string of the molecule is Cc1ccccc1N(CCCN)Cc1cccc(F)c1. The third kappa shape index (κ3) is 3.81. The van der Waals surface area contributed by atoms with Crippen molar-refractivity contribution in [1.82, 2.24) is 0 Å². The van der Waals surface area contributed by atoms with Crippen LogP contribution in [0.15, 0.2) is 48.5 Å². The standard InChI is InChI=1S/C17H21FN2/c1-14-6-2-3-9-17(14)20(11-5-10-19)13-15-7-4-8-16(18)12-15/h2-4,6-9,12H,5,10-11,13,19H2,1H3. The van der Waals surface area contributed by atoms with Crippen LogP contribution in [0.2, 0.25) is 0 Å². The maximum atomic E-state index is 13.3. The van der Waals surface area contributed by atoms with Gasteiger partial charge >= 0.3 is 0 Å². The van der Waals surface area contributed by atoms with Crippen LogP contribution in [0.1, 0.15) is 17.5 Å². The average Bonchev–Trinajstić information content (AvgIpc) is 2.44. The summed E-state index contributed by atoms with van der Waals surface area (Å²) in [6.45, 7) is 4.32. The molecule has 0 aromatic heterocycles. The van der Waals surface area contributed by atoms with Crippen molar-refractivity contribution in [2.75, 3.05) is 18.0 Å². The Morgan fingerprint density at radius 3 is 2.60 bits per heavy atom. The summed E-state index contributed by atoms with van der Waals surface area (Å²) in [6.07, 6.45) is 0.920. The largest absolute Gasteiger partial charge is 0.367 e. The highest BCUT2D eigenvalue weighted by Crippen LogP contribution is 2.22. The number of benzene rings is 2. The molecule has 106 valence electrons. The molecule has 0 aliphatic rings. The van der Waals surface area contributed by atoms with Crippen LogP contribution in [0.4, 0.5) is 10.1 Å². The van der Waals surface area contributed by atoms with Gasteiger partial charge in [0.2, 0.25) is 0 Å². The lowest BCUT2D eigenvalue weighted by Crippen LogP contribution is -2.26. The normalized spacial score (nSPS) is 10.6. The number of para-hydroxylation sites is 1. The molecule has 3 heteroatoms. The van der Waals surface area contributed by atoms with E-state index in [-0.39, 0.29) is 5.82 Å². The molecule has 0 unspecified atom stereocenters. The molecule has 0 heterocycles. The van der Waals surface area contributed by atoms with E-state index < -0.39 is 0 Å². The van der Waals surface area contributed by atoms with Gasteiger partial charge in [-0.1, -0.05) is 30.3 Å². The molecule has 0 saturated carbocycles. The molecule has 0 radical (unpaired) electrons. The Morgan fingerprint density at radius 2 is 1.90 bits per heavy atom. The van der Waals surface area contributed by atoms with E-state index in [1.54, 1.807) is 12.1 Å². The molecule has 2 N–H and O–H groups in total. The van der Waals surface area contributed by atoms with Crippen molar-refractivity contribution in [2.45, 2.75) is 19.9 Å². The lowest BCUT2D eigenvalue weighted by Gasteiger charge is -2.26. The van der Waals surface area contributed by atoms with Gasteiger partial charge in [0.1, 0.15) is 5.82 Å². The number of halogens is 1. The summed E-state index contributed by atoms with van der Waals surface area (Å²) in [5.74, 6) is -0.189. The first-order valence-electron chi connectivity index (χ1n) is 6.96. The zero-order valence-corrected chi connectivity index (χ0v) is 11.8. The molecule has 0 atom stereocenters. The predicted octanol–water partition coefficient (Wildman–Crippen LogP) is 3.49. The molecule has 0 spiro atoms. The van der Waals surface area contributed by atoms with Crippen LogP contribution in [-0.2, 0) is 6.54 Å². The highest BCUT2D eigenvalue weighted by molar-refractivity contribution is 5.53. The van der Waals surface area contributed by atoms with Crippen LogP contribution in [-0.4, -0.2) is 13.1 Å². The first-order valence-corrected chi connectivity index (χ1v) is 6.96. The molecule has 0 aliphatic heterocycles. The summed E-state index contributed by atoms with van der Waals surface area (Å²) in [5, 5.41) is 0. The zero-order valence-electron chi connectivity index (χ0n) is 11.8. The molecule has 0 aliphatic carbocycles. The van der Waals surface area contributed by atoms with E-state index >= 15 is 0 Å². The van der Waals surface area contributed by atoms with Crippen molar-refractivity contribution in [3.8, 4) is 0 Å². The van der Waals surface area contributed by atoms with Gasteiger partial charge in [-0.05, 0) is 49.2 Å². The number of hydrogen-bond acceptors (Lipinski definition) is 2. The predicted molar refractivity (Wildman–Crippen MR) is 82.3 cm³/mol. The molecule has 0 saturated heterocycles. The van der Waals surface area contributed by atoms with Gasteiger partial charge in [0.25, 0.3) is 0 Å². The molecular formula is C17H21FN2. The Morgan fingerprint density at radius 1 is 1.10 bits per heavy atom. The van der Waals surface area contributed by atoms with Crippen molar-refractivity contribution >= 4 is 5.69 Å². The topological polar surface area (TPSA) is 29.3 Å². The summed E-state index contributed by atoms with van der Waals surface area (Å²) >= 11 is 0. The Hall–Kier alpha value is -1.87. The van der Waals surface area contributed by atoms with E-state index in [0.717, 1.165) is 18.5 Å². The van der Waals surface area contributed by atoms with Crippen molar-refractivity contribution in [3.63, 3.8) is 0 Å². The number of anilines is 1. The van der Waals surface area contributed by atoms with Crippen LogP contribution in [0.3, 0.4) is 0 Å².